The van der Waals surface area contributed by atoms with Gasteiger partial charge in [0.15, 0.2) is 12.6 Å². The van der Waals surface area contributed by atoms with Crippen molar-refractivity contribution in [3.8, 4) is 0 Å². The molecule has 3 rings (SSSR count). The van der Waals surface area contributed by atoms with Crippen LogP contribution in [0.5, 0.6) is 0 Å². The van der Waals surface area contributed by atoms with E-state index in [1.165, 1.54) is 13.0 Å². The highest BCUT2D eigenvalue weighted by molar-refractivity contribution is 5.87. The molecule has 3 fully saturated rings. The Morgan fingerprint density at radius 1 is 0.775 bits per heavy atom. The summed E-state index contributed by atoms with van der Waals surface area (Å²) in [4.78, 5) is 11.9. The van der Waals surface area contributed by atoms with Crippen LogP contribution in [0, 0.1) is 0 Å². The molecule has 0 aliphatic carbocycles. The largest absolute Gasteiger partial charge is 0.459 e. The lowest BCUT2D eigenvalue weighted by molar-refractivity contribution is -0.388. The van der Waals surface area contributed by atoms with Gasteiger partial charge in [0.25, 0.3) is 0 Å². The van der Waals surface area contributed by atoms with E-state index >= 15 is 0 Å². The molecule has 0 radical (unpaired) electrons. The standard InChI is InChI=1S/C23H38O17/c1-3-8(2)20(34)35-5-10-12(26)15(29)17(31)21(37-10)36-6-11-13(27)16(30)18(32)22(38-11)40-23(7-25)19(33)14(28)9(4-24)39-23/h3,9-19,21-22,24-33H,4-7H2,1-2H3/b8-3+/t9-,10+,11+,12+,13-,14+,15-,16-,17+,18+,19+,21+,22-,23+/m1/s1. The maximum Gasteiger partial charge on any atom is 0.333 e. The van der Waals surface area contributed by atoms with Gasteiger partial charge in [-0.3, -0.25) is 0 Å². The molecule has 0 bridgehead atoms. The molecule has 232 valence electrons. The molecule has 0 aromatic carbocycles. The number of carbonyl (C=O) groups is 1. The summed E-state index contributed by atoms with van der Waals surface area (Å²) in [6, 6.07) is 0. The van der Waals surface area contributed by atoms with E-state index in [2.05, 4.69) is 0 Å². The van der Waals surface area contributed by atoms with Crippen LogP contribution in [0.4, 0.5) is 0 Å². The zero-order valence-electron chi connectivity index (χ0n) is 21.7. The van der Waals surface area contributed by atoms with Crippen LogP contribution in [0.15, 0.2) is 11.6 Å². The van der Waals surface area contributed by atoms with E-state index in [-0.39, 0.29) is 5.57 Å². The molecule has 0 spiro atoms. The van der Waals surface area contributed by atoms with Crippen LogP contribution in [0.2, 0.25) is 0 Å². The van der Waals surface area contributed by atoms with Crippen LogP contribution in [0.3, 0.4) is 0 Å². The van der Waals surface area contributed by atoms with Crippen LogP contribution < -0.4 is 0 Å². The molecular weight excluding hydrogens is 548 g/mol. The van der Waals surface area contributed by atoms with E-state index in [4.69, 9.17) is 28.4 Å². The molecule has 0 saturated carbocycles. The van der Waals surface area contributed by atoms with Gasteiger partial charge in [-0.05, 0) is 13.8 Å². The first-order valence-electron chi connectivity index (χ1n) is 12.6. The van der Waals surface area contributed by atoms with Crippen LogP contribution >= 0.6 is 0 Å². The first-order valence-corrected chi connectivity index (χ1v) is 12.6. The summed E-state index contributed by atoms with van der Waals surface area (Å²) in [6.45, 7) is 0.103. The Labute approximate surface area is 228 Å². The Bertz CT molecular complexity index is 872. The van der Waals surface area contributed by atoms with Crippen LogP contribution in [-0.4, -0.2) is 169 Å². The van der Waals surface area contributed by atoms with Gasteiger partial charge in [0.05, 0.1) is 13.2 Å². The summed E-state index contributed by atoms with van der Waals surface area (Å²) in [5.41, 5.74) is 0.277. The first-order chi connectivity index (χ1) is 18.8. The minimum atomic E-state index is -2.38. The lowest BCUT2D eigenvalue weighted by Crippen LogP contribution is -2.63. The molecule has 0 unspecified atom stereocenters. The quantitative estimate of drug-likeness (QED) is 0.0842. The first kappa shape index (κ1) is 33.1. The van der Waals surface area contributed by atoms with Crippen molar-refractivity contribution in [1.82, 2.24) is 0 Å². The zero-order chi connectivity index (χ0) is 29.9. The zero-order valence-corrected chi connectivity index (χ0v) is 21.7. The van der Waals surface area contributed by atoms with E-state index < -0.39 is 118 Å². The third-order valence-electron chi connectivity index (χ3n) is 7.12. The fourth-order valence-electron chi connectivity index (χ4n) is 4.39. The van der Waals surface area contributed by atoms with Gasteiger partial charge in [-0.15, -0.1) is 0 Å². The average Bonchev–Trinajstić information content (AvgIpc) is 3.20. The van der Waals surface area contributed by atoms with Crippen molar-refractivity contribution in [2.75, 3.05) is 26.4 Å². The molecule has 40 heavy (non-hydrogen) atoms. The van der Waals surface area contributed by atoms with Gasteiger partial charge in [-0.25, -0.2) is 4.79 Å². The number of allylic oxidation sites excluding steroid dienone is 1. The number of aliphatic hydroxyl groups is 10. The number of esters is 1. The van der Waals surface area contributed by atoms with Crippen molar-refractivity contribution in [1.29, 1.82) is 0 Å². The lowest BCUT2D eigenvalue weighted by atomic mass is 9.98. The summed E-state index contributed by atoms with van der Waals surface area (Å²) < 4.78 is 32.0. The maximum absolute atomic E-state index is 11.9. The van der Waals surface area contributed by atoms with Gasteiger partial charge < -0.3 is 79.5 Å². The van der Waals surface area contributed by atoms with Gasteiger partial charge in [0.1, 0.15) is 80.4 Å². The minimum absolute atomic E-state index is 0.277. The summed E-state index contributed by atoms with van der Waals surface area (Å²) in [6.07, 6.45) is -20.8. The minimum Gasteiger partial charge on any atom is -0.459 e. The third-order valence-corrected chi connectivity index (χ3v) is 7.12. The summed E-state index contributed by atoms with van der Waals surface area (Å²) in [5.74, 6) is -3.09. The fourth-order valence-corrected chi connectivity index (χ4v) is 4.39. The van der Waals surface area contributed by atoms with E-state index in [9.17, 15) is 55.9 Å². The Morgan fingerprint density at radius 3 is 1.85 bits per heavy atom. The fraction of sp³-hybridized carbons (Fsp3) is 0.870. The third kappa shape index (κ3) is 6.64. The van der Waals surface area contributed by atoms with Crippen LogP contribution in [0.1, 0.15) is 13.8 Å². The second-order valence-electron chi connectivity index (χ2n) is 9.79. The molecule has 17 nitrogen and oxygen atoms in total. The molecule has 3 heterocycles. The molecule has 3 aliphatic rings. The van der Waals surface area contributed by atoms with E-state index in [0.29, 0.717) is 0 Å². The highest BCUT2D eigenvalue weighted by atomic mass is 16.8. The molecular formula is C23H38O17. The Kier molecular flexibility index (Phi) is 11.4. The Hall–Kier alpha value is -1.39. The Balaban J connectivity index is 1.67. The second-order valence-corrected chi connectivity index (χ2v) is 9.79. The smallest absolute Gasteiger partial charge is 0.333 e. The number of hydrogen-bond donors (Lipinski definition) is 10. The topological polar surface area (TPSA) is 275 Å². The van der Waals surface area contributed by atoms with Gasteiger partial charge in [0, 0.05) is 5.57 Å². The monoisotopic (exact) mass is 586 g/mol. The molecule has 14 atom stereocenters. The average molecular weight is 587 g/mol. The molecule has 0 amide bonds. The lowest BCUT2D eigenvalue weighted by Gasteiger charge is -2.44. The van der Waals surface area contributed by atoms with Gasteiger partial charge in [-0.2, -0.15) is 0 Å². The van der Waals surface area contributed by atoms with E-state index in [1.807, 2.05) is 0 Å². The highest BCUT2D eigenvalue weighted by Crippen LogP contribution is 2.36. The SMILES string of the molecule is C/C=C(\C)C(=O)OC[C@@H]1O[C@H](OC[C@@H]2O[C@H](O[C@]3(CO)O[C@H](CO)[C@H](O)[C@@H]3O)[C@@H](O)[C@H](O)[C@@H]2O)[C@@H](O)[C@H](O)[C@H]1O. The predicted molar refractivity (Wildman–Crippen MR) is 125 cm³/mol. The molecule has 3 saturated heterocycles. The van der Waals surface area contributed by atoms with Crippen molar-refractivity contribution in [3.05, 3.63) is 11.6 Å². The normalized spacial score (nSPS) is 46.4. The molecule has 0 aromatic rings. The van der Waals surface area contributed by atoms with Crippen molar-refractivity contribution in [2.24, 2.45) is 0 Å². The maximum atomic E-state index is 11.9. The van der Waals surface area contributed by atoms with Crippen molar-refractivity contribution in [2.45, 2.75) is 99.4 Å². The Morgan fingerprint density at radius 2 is 1.32 bits per heavy atom. The number of aliphatic hydroxyl groups excluding tert-OH is 10. The highest BCUT2D eigenvalue weighted by Gasteiger charge is 2.58. The van der Waals surface area contributed by atoms with E-state index in [1.54, 1.807) is 6.92 Å². The van der Waals surface area contributed by atoms with Gasteiger partial charge in [-0.1, -0.05) is 6.08 Å². The van der Waals surface area contributed by atoms with Crippen LogP contribution in [-0.2, 0) is 33.2 Å². The summed E-state index contributed by atoms with van der Waals surface area (Å²) in [7, 11) is 0. The number of ether oxygens (including phenoxy) is 6. The van der Waals surface area contributed by atoms with Crippen molar-refractivity contribution in [3.63, 3.8) is 0 Å². The van der Waals surface area contributed by atoms with Crippen molar-refractivity contribution < 1.29 is 84.3 Å². The molecule has 17 heteroatoms. The van der Waals surface area contributed by atoms with Gasteiger partial charge in [0.2, 0.25) is 5.79 Å². The molecule has 0 aromatic heterocycles. The number of carbonyl (C=O) groups excluding carboxylic acids is 1. The van der Waals surface area contributed by atoms with Crippen LogP contribution in [0.25, 0.3) is 0 Å². The second kappa shape index (κ2) is 13.7. The summed E-state index contributed by atoms with van der Waals surface area (Å²) >= 11 is 0. The number of rotatable bonds is 10. The predicted octanol–water partition coefficient (Wildman–Crippen LogP) is -6.05. The summed E-state index contributed by atoms with van der Waals surface area (Å²) in [5, 5.41) is 101. The van der Waals surface area contributed by atoms with E-state index in [0.717, 1.165) is 0 Å². The number of hydrogen-bond acceptors (Lipinski definition) is 17. The molecule has 10 N–H and O–H groups in total. The van der Waals surface area contributed by atoms with Gasteiger partial charge >= 0.3 is 5.97 Å². The molecule has 3 aliphatic heterocycles. The van der Waals surface area contributed by atoms with Crippen molar-refractivity contribution >= 4 is 5.97 Å².